The second-order valence-electron chi connectivity index (χ2n) is 10.3. The number of piperazine rings is 1. The van der Waals surface area contributed by atoms with E-state index in [1.165, 1.54) is 12.3 Å². The Bertz CT molecular complexity index is 1570. The van der Waals surface area contributed by atoms with Gasteiger partial charge in [0.05, 0.1) is 10.7 Å². The van der Waals surface area contributed by atoms with Crippen LogP contribution in [0.1, 0.15) is 27.0 Å². The number of hydrogen-bond donors (Lipinski definition) is 2. The van der Waals surface area contributed by atoms with Gasteiger partial charge >= 0.3 is 0 Å². The van der Waals surface area contributed by atoms with Gasteiger partial charge in [-0.05, 0) is 74.8 Å². The van der Waals surface area contributed by atoms with Gasteiger partial charge in [0.2, 0.25) is 11.8 Å². The molecule has 10 heteroatoms. The Hall–Kier alpha value is -4.21. The lowest BCUT2D eigenvalue weighted by Gasteiger charge is -2.34. The topological polar surface area (TPSA) is 82.6 Å². The van der Waals surface area contributed by atoms with Gasteiger partial charge in [0.25, 0.3) is 5.91 Å². The zero-order valence-corrected chi connectivity index (χ0v) is 24.2. The molecule has 5 rings (SSSR count). The average molecular weight is 575 g/mol. The third-order valence-corrected chi connectivity index (χ3v) is 7.36. The molecule has 41 heavy (non-hydrogen) atoms. The van der Waals surface area contributed by atoms with Crippen molar-refractivity contribution >= 4 is 40.5 Å². The second kappa shape index (κ2) is 12.1. The van der Waals surface area contributed by atoms with Crippen LogP contribution in [0.2, 0.25) is 5.02 Å². The smallest absolute Gasteiger partial charge is 0.262 e. The summed E-state index contributed by atoms with van der Waals surface area (Å²) < 4.78 is 21.1. The van der Waals surface area contributed by atoms with Crippen LogP contribution in [0, 0.1) is 26.6 Å². The molecule has 0 atom stereocenters. The molecule has 0 radical (unpaired) electrons. The number of ether oxygens (including phenoxy) is 1. The van der Waals surface area contributed by atoms with Crippen molar-refractivity contribution in [1.29, 1.82) is 0 Å². The molecule has 2 N–H and O–H groups in total. The normalized spacial score (nSPS) is 13.7. The molecule has 212 valence electrons. The number of nitrogens with one attached hydrogen (secondary N) is 2. The quantitative estimate of drug-likeness (QED) is 0.253. The molecule has 1 amide bonds. The van der Waals surface area contributed by atoms with Crippen LogP contribution in [-0.2, 0) is 0 Å². The number of aryl methyl sites for hydroxylation is 3. The highest BCUT2D eigenvalue weighted by molar-refractivity contribution is 6.32. The van der Waals surface area contributed by atoms with Crippen LogP contribution in [-0.4, -0.2) is 54.0 Å². The molecule has 0 saturated carbocycles. The number of carbonyl (C=O) groups is 1. The lowest BCUT2D eigenvalue weighted by atomic mass is 10.1. The Morgan fingerprint density at radius 3 is 2.41 bits per heavy atom. The molecule has 1 saturated heterocycles. The largest absolute Gasteiger partial charge is 0.436 e. The summed E-state index contributed by atoms with van der Waals surface area (Å²) in [7, 11) is 2.06. The highest BCUT2D eigenvalue weighted by Crippen LogP contribution is 2.33. The Kier molecular flexibility index (Phi) is 8.37. The van der Waals surface area contributed by atoms with Crippen LogP contribution in [0.5, 0.6) is 11.6 Å². The number of para-hydroxylation sites is 1. The molecule has 0 spiro atoms. The monoisotopic (exact) mass is 574 g/mol. The highest BCUT2D eigenvalue weighted by atomic mass is 35.5. The molecular weight excluding hydrogens is 543 g/mol. The molecule has 0 unspecified atom stereocenters. The van der Waals surface area contributed by atoms with Crippen molar-refractivity contribution in [1.82, 2.24) is 14.9 Å². The third kappa shape index (κ3) is 6.58. The zero-order chi connectivity index (χ0) is 29.1. The predicted molar refractivity (Wildman–Crippen MR) is 162 cm³/mol. The highest BCUT2D eigenvalue weighted by Gasteiger charge is 2.21. The SMILES string of the molecule is Cc1ccc(Oc2nc(Nc3ccc(N4CCN(C)CC4)c(F)c3)ncc2C(=O)Nc2c(C)cccc2C)c(Cl)c1. The molecule has 3 aromatic carbocycles. The lowest BCUT2D eigenvalue weighted by Crippen LogP contribution is -2.44. The van der Waals surface area contributed by atoms with E-state index in [-0.39, 0.29) is 23.2 Å². The van der Waals surface area contributed by atoms with Crippen molar-refractivity contribution < 1.29 is 13.9 Å². The first kappa shape index (κ1) is 28.3. The number of amides is 1. The van der Waals surface area contributed by atoms with Crippen molar-refractivity contribution in [2.24, 2.45) is 0 Å². The first-order chi connectivity index (χ1) is 19.7. The minimum Gasteiger partial charge on any atom is -0.436 e. The Morgan fingerprint density at radius 1 is 1.00 bits per heavy atom. The van der Waals surface area contributed by atoms with Gasteiger partial charge in [-0.2, -0.15) is 4.98 Å². The molecule has 2 heterocycles. The summed E-state index contributed by atoms with van der Waals surface area (Å²) in [5, 5.41) is 6.36. The van der Waals surface area contributed by atoms with Gasteiger partial charge in [-0.1, -0.05) is 35.9 Å². The van der Waals surface area contributed by atoms with Crippen LogP contribution in [0.25, 0.3) is 0 Å². The summed E-state index contributed by atoms with van der Waals surface area (Å²) in [6, 6.07) is 16.0. The molecular formula is C31H32ClFN6O2. The van der Waals surface area contributed by atoms with Crippen LogP contribution in [0.3, 0.4) is 0 Å². The van der Waals surface area contributed by atoms with Crippen molar-refractivity contribution in [2.75, 3.05) is 48.8 Å². The minimum atomic E-state index is -0.435. The lowest BCUT2D eigenvalue weighted by molar-refractivity contribution is 0.102. The fraction of sp³-hybridized carbons (Fsp3) is 0.258. The van der Waals surface area contributed by atoms with E-state index in [1.54, 1.807) is 24.3 Å². The summed E-state index contributed by atoms with van der Waals surface area (Å²) in [4.78, 5) is 26.5. The van der Waals surface area contributed by atoms with Gasteiger partial charge in [0.15, 0.2) is 0 Å². The van der Waals surface area contributed by atoms with Crippen LogP contribution in [0.15, 0.2) is 60.8 Å². The van der Waals surface area contributed by atoms with Gasteiger partial charge in [-0.3, -0.25) is 4.79 Å². The molecule has 4 aromatic rings. The van der Waals surface area contributed by atoms with Gasteiger partial charge in [0.1, 0.15) is 17.1 Å². The third-order valence-electron chi connectivity index (χ3n) is 7.06. The fourth-order valence-electron chi connectivity index (χ4n) is 4.66. The summed E-state index contributed by atoms with van der Waals surface area (Å²) in [5.74, 6) is -0.294. The number of rotatable bonds is 7. The number of anilines is 4. The van der Waals surface area contributed by atoms with E-state index in [9.17, 15) is 4.79 Å². The summed E-state index contributed by atoms with van der Waals surface area (Å²) in [6.07, 6.45) is 1.38. The molecule has 1 aromatic heterocycles. The number of nitrogens with zero attached hydrogens (tertiary/aromatic N) is 4. The van der Waals surface area contributed by atoms with E-state index in [1.807, 2.05) is 49.9 Å². The first-order valence-electron chi connectivity index (χ1n) is 13.4. The molecule has 1 fully saturated rings. The maximum absolute atomic E-state index is 15.1. The van der Waals surface area contributed by atoms with E-state index in [0.29, 0.717) is 27.8 Å². The maximum atomic E-state index is 15.1. The van der Waals surface area contributed by atoms with E-state index < -0.39 is 5.91 Å². The van der Waals surface area contributed by atoms with Crippen LogP contribution < -0.4 is 20.3 Å². The minimum absolute atomic E-state index is 0.00604. The number of halogens is 2. The van der Waals surface area contributed by atoms with E-state index in [0.717, 1.165) is 42.9 Å². The van der Waals surface area contributed by atoms with Crippen molar-refractivity contribution in [3.63, 3.8) is 0 Å². The standard InChI is InChI=1S/C31H32ClFN6O2/c1-19-8-11-27(24(32)16-19)41-30-23(29(40)36-28-20(2)6-5-7-21(28)3)18-34-31(37-30)35-22-9-10-26(25(33)17-22)39-14-12-38(4)13-15-39/h5-11,16-18H,12-15H2,1-4H3,(H,36,40)(H,34,35,37). The molecule has 0 bridgehead atoms. The number of carbonyl (C=O) groups excluding carboxylic acids is 1. The van der Waals surface area contributed by atoms with E-state index in [2.05, 4.69) is 32.5 Å². The molecule has 8 nitrogen and oxygen atoms in total. The molecule has 1 aliphatic heterocycles. The van der Waals surface area contributed by atoms with Gasteiger partial charge in [-0.25, -0.2) is 9.37 Å². The zero-order valence-electron chi connectivity index (χ0n) is 23.5. The summed E-state index contributed by atoms with van der Waals surface area (Å²) >= 11 is 6.42. The Labute approximate surface area is 244 Å². The fourth-order valence-corrected chi connectivity index (χ4v) is 4.94. The summed E-state index contributed by atoms with van der Waals surface area (Å²) in [6.45, 7) is 9.04. The molecule has 0 aliphatic carbocycles. The van der Waals surface area contributed by atoms with Gasteiger partial charge in [0, 0.05) is 43.8 Å². The number of likely N-dealkylation sites (N-methyl/N-ethyl adjacent to an activating group) is 1. The summed E-state index contributed by atoms with van der Waals surface area (Å²) in [5.41, 5.74) is 4.64. The Balaban J connectivity index is 1.43. The van der Waals surface area contributed by atoms with Crippen LogP contribution in [0.4, 0.5) is 27.4 Å². The van der Waals surface area contributed by atoms with Crippen molar-refractivity contribution in [3.05, 3.63) is 93.9 Å². The van der Waals surface area contributed by atoms with Gasteiger partial charge < -0.3 is 25.2 Å². The number of benzene rings is 3. The second-order valence-corrected chi connectivity index (χ2v) is 10.7. The predicted octanol–water partition coefficient (Wildman–Crippen LogP) is 6.73. The van der Waals surface area contributed by atoms with Crippen molar-refractivity contribution in [2.45, 2.75) is 20.8 Å². The number of aromatic nitrogens is 2. The van der Waals surface area contributed by atoms with Crippen LogP contribution >= 0.6 is 11.6 Å². The first-order valence-corrected chi connectivity index (χ1v) is 13.7. The Morgan fingerprint density at radius 2 is 1.73 bits per heavy atom. The van der Waals surface area contributed by atoms with E-state index >= 15 is 4.39 Å². The van der Waals surface area contributed by atoms with Gasteiger partial charge in [-0.15, -0.1) is 0 Å². The average Bonchev–Trinajstić information content (AvgIpc) is 2.93. The maximum Gasteiger partial charge on any atom is 0.262 e. The van der Waals surface area contributed by atoms with E-state index in [4.69, 9.17) is 16.3 Å². The number of hydrogen-bond acceptors (Lipinski definition) is 7. The van der Waals surface area contributed by atoms with Crippen molar-refractivity contribution in [3.8, 4) is 11.6 Å². The molecule has 1 aliphatic rings.